The van der Waals surface area contributed by atoms with Crippen molar-refractivity contribution in [2.24, 2.45) is 16.3 Å². The zero-order chi connectivity index (χ0) is 12.3. The third-order valence-electron chi connectivity index (χ3n) is 3.88. The van der Waals surface area contributed by atoms with Gasteiger partial charge < -0.3 is 15.7 Å². The van der Waals surface area contributed by atoms with Crippen LogP contribution in [0.1, 0.15) is 32.6 Å². The van der Waals surface area contributed by atoms with E-state index in [1.165, 1.54) is 12.8 Å². The van der Waals surface area contributed by atoms with Gasteiger partial charge in [-0.2, -0.15) is 0 Å². The first-order valence-electron chi connectivity index (χ1n) is 6.48. The number of amidine groups is 1. The lowest BCUT2D eigenvalue weighted by Gasteiger charge is -2.34. The largest absolute Gasteiger partial charge is 0.409 e. The van der Waals surface area contributed by atoms with Crippen LogP contribution in [-0.2, 0) is 4.74 Å². The number of hydrogen-bond acceptors (Lipinski definition) is 4. The zero-order valence-electron chi connectivity index (χ0n) is 10.6. The Hall–Kier alpha value is -0.810. The van der Waals surface area contributed by atoms with E-state index in [4.69, 9.17) is 15.7 Å². The lowest BCUT2D eigenvalue weighted by molar-refractivity contribution is -0.0352. The van der Waals surface area contributed by atoms with Crippen molar-refractivity contribution in [2.75, 3.05) is 26.2 Å². The molecule has 0 bridgehead atoms. The minimum absolute atomic E-state index is 0.270. The highest BCUT2D eigenvalue weighted by Gasteiger charge is 2.45. The van der Waals surface area contributed by atoms with Gasteiger partial charge in [0.05, 0.1) is 12.7 Å². The highest BCUT2D eigenvalue weighted by Crippen LogP contribution is 2.49. The Bertz CT molecular complexity index is 289. The van der Waals surface area contributed by atoms with Crippen LogP contribution in [0, 0.1) is 5.41 Å². The highest BCUT2D eigenvalue weighted by atomic mass is 16.5. The Labute approximate surface area is 103 Å². The van der Waals surface area contributed by atoms with Gasteiger partial charge in [-0.1, -0.05) is 12.1 Å². The fourth-order valence-electron chi connectivity index (χ4n) is 2.63. The van der Waals surface area contributed by atoms with Gasteiger partial charge in [-0.3, -0.25) is 4.90 Å². The minimum atomic E-state index is 0.270. The van der Waals surface area contributed by atoms with Gasteiger partial charge in [-0.15, -0.1) is 0 Å². The van der Waals surface area contributed by atoms with E-state index in [-0.39, 0.29) is 5.41 Å². The zero-order valence-corrected chi connectivity index (χ0v) is 10.6. The number of morpholine rings is 1. The van der Waals surface area contributed by atoms with Crippen molar-refractivity contribution >= 4 is 5.84 Å². The van der Waals surface area contributed by atoms with Crippen molar-refractivity contribution in [3.8, 4) is 0 Å². The molecule has 1 aliphatic heterocycles. The average molecular weight is 241 g/mol. The van der Waals surface area contributed by atoms with E-state index in [9.17, 15) is 0 Å². The fraction of sp³-hybridized carbons (Fsp3) is 0.917. The molecule has 1 unspecified atom stereocenters. The summed E-state index contributed by atoms with van der Waals surface area (Å²) in [5.74, 6) is 0.364. The van der Waals surface area contributed by atoms with Crippen LogP contribution in [0.15, 0.2) is 5.16 Å². The molecule has 2 rings (SSSR count). The van der Waals surface area contributed by atoms with Crippen LogP contribution < -0.4 is 5.73 Å². The van der Waals surface area contributed by atoms with E-state index >= 15 is 0 Å². The smallest absolute Gasteiger partial charge is 0.139 e. The van der Waals surface area contributed by atoms with Crippen LogP contribution in [0.4, 0.5) is 0 Å². The molecule has 1 saturated heterocycles. The predicted octanol–water partition coefficient (Wildman–Crippen LogP) is 1.01. The summed E-state index contributed by atoms with van der Waals surface area (Å²) in [4.78, 5) is 2.47. The summed E-state index contributed by atoms with van der Waals surface area (Å²) in [5.41, 5.74) is 5.88. The molecule has 5 nitrogen and oxygen atoms in total. The Morgan fingerprint density at radius 2 is 2.35 bits per heavy atom. The molecule has 2 aliphatic rings. The van der Waals surface area contributed by atoms with Gasteiger partial charge in [0.15, 0.2) is 0 Å². The van der Waals surface area contributed by atoms with E-state index in [1.807, 2.05) is 0 Å². The van der Waals surface area contributed by atoms with Gasteiger partial charge in [0.1, 0.15) is 5.84 Å². The maximum atomic E-state index is 8.64. The van der Waals surface area contributed by atoms with Crippen LogP contribution in [0.25, 0.3) is 0 Å². The molecule has 0 spiro atoms. The Morgan fingerprint density at radius 3 is 2.94 bits per heavy atom. The van der Waals surface area contributed by atoms with Gasteiger partial charge >= 0.3 is 0 Å². The standard InChI is InChI=1S/C12H23N3O2/c1-2-10-8-15(5-6-17-10)9-12(3-4-12)7-11(13)14-16/h10,16H,2-9H2,1H3,(H2,13,14). The van der Waals surface area contributed by atoms with Crippen LogP contribution in [0.5, 0.6) is 0 Å². The number of nitrogens with two attached hydrogens (primary N) is 1. The number of nitrogens with zero attached hydrogens (tertiary/aromatic N) is 2. The molecule has 0 aromatic carbocycles. The number of ether oxygens (including phenoxy) is 1. The maximum absolute atomic E-state index is 8.64. The molecule has 0 aromatic heterocycles. The second-order valence-corrected chi connectivity index (χ2v) is 5.40. The van der Waals surface area contributed by atoms with Gasteiger partial charge in [-0.25, -0.2) is 0 Å². The highest BCUT2D eigenvalue weighted by molar-refractivity contribution is 5.80. The molecular weight excluding hydrogens is 218 g/mol. The van der Waals surface area contributed by atoms with E-state index in [0.717, 1.165) is 39.1 Å². The van der Waals surface area contributed by atoms with Crippen molar-refractivity contribution in [3.05, 3.63) is 0 Å². The van der Waals surface area contributed by atoms with E-state index in [1.54, 1.807) is 0 Å². The van der Waals surface area contributed by atoms with Gasteiger partial charge in [0.2, 0.25) is 0 Å². The summed E-state index contributed by atoms with van der Waals surface area (Å²) >= 11 is 0. The normalized spacial score (nSPS) is 29.2. The quantitative estimate of drug-likeness (QED) is 0.326. The molecule has 3 N–H and O–H groups in total. The summed E-state index contributed by atoms with van der Waals surface area (Å²) < 4.78 is 5.66. The molecule has 1 aliphatic carbocycles. The first-order chi connectivity index (χ1) is 8.17. The Morgan fingerprint density at radius 1 is 1.59 bits per heavy atom. The van der Waals surface area contributed by atoms with Crippen LogP contribution in [0.3, 0.4) is 0 Å². The first kappa shape index (κ1) is 12.6. The van der Waals surface area contributed by atoms with Gasteiger partial charge in [-0.05, 0) is 24.7 Å². The summed E-state index contributed by atoms with van der Waals surface area (Å²) in [6, 6.07) is 0. The lowest BCUT2D eigenvalue weighted by atomic mass is 10.0. The van der Waals surface area contributed by atoms with Crippen molar-refractivity contribution in [3.63, 3.8) is 0 Å². The second kappa shape index (κ2) is 5.23. The van der Waals surface area contributed by atoms with Crippen LogP contribution >= 0.6 is 0 Å². The second-order valence-electron chi connectivity index (χ2n) is 5.40. The molecule has 0 radical (unpaired) electrons. The summed E-state index contributed by atoms with van der Waals surface area (Å²) in [5, 5.41) is 11.7. The predicted molar refractivity (Wildman–Crippen MR) is 66.2 cm³/mol. The molecule has 2 fully saturated rings. The monoisotopic (exact) mass is 241 g/mol. The molecule has 0 amide bonds. The Balaban J connectivity index is 1.83. The number of hydrogen-bond donors (Lipinski definition) is 2. The number of oxime groups is 1. The molecule has 0 aromatic rings. The van der Waals surface area contributed by atoms with Crippen molar-refractivity contribution in [2.45, 2.75) is 38.7 Å². The van der Waals surface area contributed by atoms with E-state index < -0.39 is 0 Å². The number of rotatable bonds is 5. The average Bonchev–Trinajstić information content (AvgIpc) is 3.08. The molecule has 98 valence electrons. The van der Waals surface area contributed by atoms with E-state index in [2.05, 4.69) is 17.0 Å². The van der Waals surface area contributed by atoms with Crippen molar-refractivity contribution < 1.29 is 9.94 Å². The van der Waals surface area contributed by atoms with Crippen LogP contribution in [0.2, 0.25) is 0 Å². The van der Waals surface area contributed by atoms with Gasteiger partial charge in [0, 0.05) is 26.1 Å². The molecule has 17 heavy (non-hydrogen) atoms. The minimum Gasteiger partial charge on any atom is -0.409 e. The summed E-state index contributed by atoms with van der Waals surface area (Å²) in [7, 11) is 0. The summed E-state index contributed by atoms with van der Waals surface area (Å²) in [6.07, 6.45) is 4.55. The van der Waals surface area contributed by atoms with Gasteiger partial charge in [0.25, 0.3) is 0 Å². The fourth-order valence-corrected chi connectivity index (χ4v) is 2.63. The first-order valence-corrected chi connectivity index (χ1v) is 6.48. The van der Waals surface area contributed by atoms with E-state index in [0.29, 0.717) is 11.9 Å². The molecule has 1 atom stereocenters. The topological polar surface area (TPSA) is 71.1 Å². The third kappa shape index (κ3) is 3.33. The Kier molecular flexibility index (Phi) is 3.89. The molecular formula is C12H23N3O2. The SMILES string of the molecule is CCC1CN(CC2(CC(N)=NO)CC2)CCO1. The van der Waals surface area contributed by atoms with Crippen molar-refractivity contribution in [1.82, 2.24) is 4.90 Å². The lowest BCUT2D eigenvalue weighted by Crippen LogP contribution is -2.45. The van der Waals surface area contributed by atoms with Crippen molar-refractivity contribution in [1.29, 1.82) is 0 Å². The molecule has 1 heterocycles. The third-order valence-corrected chi connectivity index (χ3v) is 3.88. The molecule has 1 saturated carbocycles. The molecule has 5 heteroatoms. The van der Waals surface area contributed by atoms with Crippen LogP contribution in [-0.4, -0.2) is 48.3 Å². The maximum Gasteiger partial charge on any atom is 0.139 e. The summed E-state index contributed by atoms with van der Waals surface area (Å²) in [6.45, 7) is 6.08.